The predicted molar refractivity (Wildman–Crippen MR) is 65.8 cm³/mol. The molecule has 0 saturated carbocycles. The van der Waals surface area contributed by atoms with Crippen LogP contribution in [0.15, 0.2) is 41.8 Å². The van der Waals surface area contributed by atoms with Crippen molar-refractivity contribution in [1.82, 2.24) is 0 Å². The molecule has 0 aliphatic carbocycles. The minimum absolute atomic E-state index is 0.0209. The summed E-state index contributed by atoms with van der Waals surface area (Å²) in [7, 11) is 0. The molecule has 82 valence electrons. The summed E-state index contributed by atoms with van der Waals surface area (Å²) in [5, 5.41) is 2.05. The van der Waals surface area contributed by atoms with Gasteiger partial charge in [-0.25, -0.2) is 0 Å². The van der Waals surface area contributed by atoms with Crippen LogP contribution in [-0.4, -0.2) is 6.10 Å². The molecule has 16 heavy (non-hydrogen) atoms. The molecule has 2 aromatic rings. The third-order valence-electron chi connectivity index (χ3n) is 2.94. The summed E-state index contributed by atoms with van der Waals surface area (Å²) in [4.78, 5) is 1.19. The number of benzene rings is 1. The summed E-state index contributed by atoms with van der Waals surface area (Å²) >= 11 is 1.69. The molecule has 2 heterocycles. The summed E-state index contributed by atoms with van der Waals surface area (Å²) in [6.07, 6.45) is 0.992. The van der Waals surface area contributed by atoms with Crippen molar-refractivity contribution in [1.29, 1.82) is 0 Å². The van der Waals surface area contributed by atoms with E-state index in [1.165, 1.54) is 10.4 Å². The molecule has 0 fully saturated rings. The average molecular weight is 231 g/mol. The quantitative estimate of drug-likeness (QED) is 0.862. The van der Waals surface area contributed by atoms with Gasteiger partial charge in [-0.1, -0.05) is 24.3 Å². The van der Waals surface area contributed by atoms with Crippen LogP contribution in [0.25, 0.3) is 0 Å². The van der Waals surface area contributed by atoms with Gasteiger partial charge in [0.2, 0.25) is 0 Å². The van der Waals surface area contributed by atoms with Gasteiger partial charge < -0.3 is 10.5 Å². The largest absolute Gasteiger partial charge is 0.488 e. The lowest BCUT2D eigenvalue weighted by atomic mass is 10.0. The van der Waals surface area contributed by atoms with Crippen molar-refractivity contribution >= 4 is 11.3 Å². The summed E-state index contributed by atoms with van der Waals surface area (Å²) < 4.78 is 5.87. The summed E-state index contributed by atoms with van der Waals surface area (Å²) in [6.45, 7) is 0. The highest BCUT2D eigenvalue weighted by Crippen LogP contribution is 2.33. The second-order valence-corrected chi connectivity index (χ2v) is 4.99. The Morgan fingerprint density at radius 1 is 1.25 bits per heavy atom. The molecule has 2 nitrogen and oxygen atoms in total. The van der Waals surface area contributed by atoms with E-state index in [0.29, 0.717) is 0 Å². The van der Waals surface area contributed by atoms with Crippen LogP contribution in [0.3, 0.4) is 0 Å². The Morgan fingerprint density at radius 3 is 2.88 bits per heavy atom. The van der Waals surface area contributed by atoms with Crippen LogP contribution in [0.1, 0.15) is 16.5 Å². The van der Waals surface area contributed by atoms with Gasteiger partial charge in [0.25, 0.3) is 0 Å². The van der Waals surface area contributed by atoms with E-state index in [0.717, 1.165) is 12.2 Å². The number of thiophene rings is 1. The molecule has 0 radical (unpaired) electrons. The molecule has 1 aliphatic heterocycles. The average Bonchev–Trinajstić information content (AvgIpc) is 2.97. The van der Waals surface area contributed by atoms with Gasteiger partial charge in [-0.05, 0) is 23.1 Å². The van der Waals surface area contributed by atoms with E-state index in [9.17, 15) is 0 Å². The lowest BCUT2D eigenvalue weighted by Crippen LogP contribution is -2.29. The predicted octanol–water partition coefficient (Wildman–Crippen LogP) is 2.75. The fraction of sp³-hybridized carbons (Fsp3) is 0.231. The van der Waals surface area contributed by atoms with Crippen molar-refractivity contribution in [3.63, 3.8) is 0 Å². The van der Waals surface area contributed by atoms with Gasteiger partial charge in [-0.2, -0.15) is 0 Å². The van der Waals surface area contributed by atoms with Gasteiger partial charge >= 0.3 is 0 Å². The number of rotatable bonds is 2. The monoisotopic (exact) mass is 231 g/mol. The zero-order valence-corrected chi connectivity index (χ0v) is 9.61. The molecule has 2 N–H and O–H groups in total. The fourth-order valence-electron chi connectivity index (χ4n) is 2.07. The third-order valence-corrected chi connectivity index (χ3v) is 3.92. The van der Waals surface area contributed by atoms with Crippen molar-refractivity contribution in [3.8, 4) is 5.75 Å². The molecule has 0 amide bonds. The Kier molecular flexibility index (Phi) is 2.42. The first kappa shape index (κ1) is 9.87. The van der Waals surface area contributed by atoms with Gasteiger partial charge in [-0.15, -0.1) is 11.3 Å². The van der Waals surface area contributed by atoms with Crippen LogP contribution in [0.4, 0.5) is 0 Å². The maximum absolute atomic E-state index is 6.21. The fourth-order valence-corrected chi connectivity index (χ4v) is 2.85. The van der Waals surface area contributed by atoms with Crippen LogP contribution in [-0.2, 0) is 6.42 Å². The highest BCUT2D eigenvalue weighted by atomic mass is 32.1. The van der Waals surface area contributed by atoms with Crippen LogP contribution in [0.5, 0.6) is 5.75 Å². The molecule has 3 heteroatoms. The summed E-state index contributed by atoms with van der Waals surface area (Å²) in [5.41, 5.74) is 7.47. The van der Waals surface area contributed by atoms with E-state index in [1.807, 2.05) is 24.3 Å². The molecule has 3 rings (SSSR count). The van der Waals surface area contributed by atoms with E-state index in [1.54, 1.807) is 11.3 Å². The van der Waals surface area contributed by atoms with Crippen molar-refractivity contribution in [2.75, 3.05) is 0 Å². The van der Waals surface area contributed by atoms with Gasteiger partial charge in [0.1, 0.15) is 11.9 Å². The number of para-hydroxylation sites is 1. The van der Waals surface area contributed by atoms with Gasteiger partial charge in [0.15, 0.2) is 0 Å². The van der Waals surface area contributed by atoms with Crippen molar-refractivity contribution in [2.24, 2.45) is 5.73 Å². The molecule has 1 aromatic carbocycles. The van der Waals surface area contributed by atoms with E-state index < -0.39 is 0 Å². The number of hydrogen-bond donors (Lipinski definition) is 1. The number of ether oxygens (including phenoxy) is 1. The summed E-state index contributed by atoms with van der Waals surface area (Å²) in [6, 6.07) is 12.2. The van der Waals surface area contributed by atoms with Gasteiger partial charge in [0, 0.05) is 11.3 Å². The lowest BCUT2D eigenvalue weighted by Gasteiger charge is -2.17. The second kappa shape index (κ2) is 3.92. The standard InChI is InChI=1S/C13H13NOS/c14-13(12-6-3-7-16-12)11-8-9-4-1-2-5-10(9)15-11/h1-7,11,13H,8,14H2. The van der Waals surface area contributed by atoms with E-state index in [-0.39, 0.29) is 12.1 Å². The number of nitrogens with two attached hydrogens (primary N) is 1. The first-order valence-corrected chi connectivity index (χ1v) is 6.26. The first-order valence-electron chi connectivity index (χ1n) is 5.38. The van der Waals surface area contributed by atoms with Crippen LogP contribution >= 0.6 is 11.3 Å². The Morgan fingerprint density at radius 2 is 2.12 bits per heavy atom. The minimum atomic E-state index is -0.0209. The Bertz CT molecular complexity index is 455. The maximum atomic E-state index is 6.21. The van der Waals surface area contributed by atoms with Crippen LogP contribution in [0, 0.1) is 0 Å². The van der Waals surface area contributed by atoms with E-state index in [2.05, 4.69) is 17.5 Å². The molecule has 0 bridgehead atoms. The molecule has 2 unspecified atom stereocenters. The SMILES string of the molecule is NC(c1cccs1)C1Cc2ccccc2O1. The van der Waals surface area contributed by atoms with Crippen molar-refractivity contribution in [3.05, 3.63) is 52.2 Å². The molecular formula is C13H13NOS. The summed E-state index contributed by atoms with van der Waals surface area (Å²) in [5.74, 6) is 0.986. The highest BCUT2D eigenvalue weighted by Gasteiger charge is 2.29. The van der Waals surface area contributed by atoms with Crippen LogP contribution in [0.2, 0.25) is 0 Å². The Hall–Kier alpha value is -1.32. The first-order chi connectivity index (χ1) is 7.84. The van der Waals surface area contributed by atoms with E-state index in [4.69, 9.17) is 10.5 Å². The van der Waals surface area contributed by atoms with E-state index >= 15 is 0 Å². The van der Waals surface area contributed by atoms with Crippen LogP contribution < -0.4 is 10.5 Å². The Balaban J connectivity index is 1.81. The highest BCUT2D eigenvalue weighted by molar-refractivity contribution is 7.10. The molecule has 1 aromatic heterocycles. The van der Waals surface area contributed by atoms with Crippen molar-refractivity contribution < 1.29 is 4.74 Å². The number of hydrogen-bond acceptors (Lipinski definition) is 3. The maximum Gasteiger partial charge on any atom is 0.123 e. The smallest absolute Gasteiger partial charge is 0.123 e. The zero-order chi connectivity index (χ0) is 11.0. The second-order valence-electron chi connectivity index (χ2n) is 4.01. The van der Waals surface area contributed by atoms with Crippen molar-refractivity contribution in [2.45, 2.75) is 18.6 Å². The minimum Gasteiger partial charge on any atom is -0.488 e. The Labute approximate surface area is 98.7 Å². The van der Waals surface area contributed by atoms with Gasteiger partial charge in [-0.3, -0.25) is 0 Å². The topological polar surface area (TPSA) is 35.2 Å². The molecular weight excluding hydrogens is 218 g/mol. The lowest BCUT2D eigenvalue weighted by molar-refractivity contribution is 0.201. The van der Waals surface area contributed by atoms with Gasteiger partial charge in [0.05, 0.1) is 6.04 Å². The molecule has 2 atom stereocenters. The molecule has 1 aliphatic rings. The zero-order valence-electron chi connectivity index (χ0n) is 8.80. The molecule has 0 saturated heterocycles. The third kappa shape index (κ3) is 1.62. The normalized spacial score (nSPS) is 20.2. The number of fused-ring (bicyclic) bond motifs is 1. The molecule has 0 spiro atoms.